The molecule has 42 heavy (non-hydrogen) atoms. The Morgan fingerprint density at radius 2 is 1.07 bits per heavy atom. The van der Waals surface area contributed by atoms with Crippen LogP contribution in [0.2, 0.25) is 0 Å². The van der Waals surface area contributed by atoms with Crippen molar-refractivity contribution in [3.05, 3.63) is 52.1 Å². The van der Waals surface area contributed by atoms with Gasteiger partial charge in [0.05, 0.1) is 0 Å². The van der Waals surface area contributed by atoms with Crippen molar-refractivity contribution in [2.24, 2.45) is 0 Å². The van der Waals surface area contributed by atoms with Gasteiger partial charge >= 0.3 is 10.1 Å². The maximum absolute atomic E-state index is 15.4. The third kappa shape index (κ3) is 4.47. The second-order valence-corrected chi connectivity index (χ2v) is 18.7. The van der Waals surface area contributed by atoms with E-state index in [9.17, 15) is 21.8 Å². The summed E-state index contributed by atoms with van der Waals surface area (Å²) in [6.07, 6.45) is 9.61. The van der Waals surface area contributed by atoms with Gasteiger partial charge in [-0.05, 0) is 80.4 Å². The Balaban J connectivity index is 1.31. The molecule has 0 saturated carbocycles. The number of ether oxygens (including phenoxy) is 1. The standard InChI is InChI=1S/C30H30F4O4S4/c31-24-26(33)30(42(35,36)37)27(34)25(32)29(24)38-28-19(17-10-14-2-5-22(17)40-14)7-12(16-9-13-1-4-21(16)39-13)8-20(28)18-11-15-3-6-23(18)41-15/h7-8,13-18,21-23H,1-6,9-11H2,(H,35,36,37). The lowest BCUT2D eigenvalue weighted by Crippen LogP contribution is -2.21. The molecule has 226 valence electrons. The highest BCUT2D eigenvalue weighted by Crippen LogP contribution is 2.61. The summed E-state index contributed by atoms with van der Waals surface area (Å²) in [5.74, 6) is -8.84. The van der Waals surface area contributed by atoms with Crippen molar-refractivity contribution >= 4 is 45.4 Å². The number of hydrogen-bond acceptors (Lipinski definition) is 6. The summed E-state index contributed by atoms with van der Waals surface area (Å²) in [6.45, 7) is 0. The highest BCUT2D eigenvalue weighted by Gasteiger charge is 2.48. The Labute approximate surface area is 255 Å². The van der Waals surface area contributed by atoms with Gasteiger partial charge in [-0.2, -0.15) is 52.5 Å². The molecule has 6 saturated heterocycles. The number of thioether (sulfide) groups is 3. The van der Waals surface area contributed by atoms with Crippen molar-refractivity contribution in [3.63, 3.8) is 0 Å². The van der Waals surface area contributed by atoms with Crippen LogP contribution in [0.4, 0.5) is 17.6 Å². The number of hydrogen-bond donors (Lipinski definition) is 1. The van der Waals surface area contributed by atoms with Crippen LogP contribution in [0, 0.1) is 23.3 Å². The predicted molar refractivity (Wildman–Crippen MR) is 158 cm³/mol. The molecule has 6 heterocycles. The molecule has 2 aromatic rings. The van der Waals surface area contributed by atoms with Gasteiger partial charge in [-0.25, -0.2) is 8.78 Å². The first-order chi connectivity index (χ1) is 20.1. The van der Waals surface area contributed by atoms with Gasteiger partial charge < -0.3 is 4.74 Å². The fourth-order valence-electron chi connectivity index (χ4n) is 8.51. The zero-order valence-corrected chi connectivity index (χ0v) is 25.8. The van der Waals surface area contributed by atoms with Gasteiger partial charge in [0.2, 0.25) is 17.4 Å². The highest BCUT2D eigenvalue weighted by molar-refractivity contribution is 8.01. The second kappa shape index (κ2) is 10.2. The largest absolute Gasteiger partial charge is 0.450 e. The first kappa shape index (κ1) is 28.4. The van der Waals surface area contributed by atoms with E-state index in [2.05, 4.69) is 23.9 Å². The van der Waals surface area contributed by atoms with Crippen molar-refractivity contribution in [1.82, 2.24) is 0 Å². The van der Waals surface area contributed by atoms with Gasteiger partial charge in [-0.15, -0.1) is 0 Å². The Morgan fingerprint density at radius 1 is 0.643 bits per heavy atom. The van der Waals surface area contributed by atoms with Crippen molar-refractivity contribution in [3.8, 4) is 11.5 Å². The number of benzene rings is 2. The highest BCUT2D eigenvalue weighted by atomic mass is 32.2. The van der Waals surface area contributed by atoms with Crippen LogP contribution >= 0.6 is 35.3 Å². The number of rotatable bonds is 6. The minimum absolute atomic E-state index is 0.0813. The molecular formula is C30H30F4O4S4. The summed E-state index contributed by atoms with van der Waals surface area (Å²) < 4.78 is 98.9. The van der Waals surface area contributed by atoms with Crippen LogP contribution in [0.15, 0.2) is 17.0 Å². The van der Waals surface area contributed by atoms with E-state index < -0.39 is 44.0 Å². The van der Waals surface area contributed by atoms with E-state index in [0.717, 1.165) is 56.1 Å². The van der Waals surface area contributed by atoms with E-state index >= 15 is 8.78 Å². The number of fused-ring (bicyclic) bond motifs is 6. The van der Waals surface area contributed by atoms with E-state index in [1.54, 1.807) is 0 Å². The van der Waals surface area contributed by atoms with E-state index in [0.29, 0.717) is 37.4 Å². The van der Waals surface area contributed by atoms with Crippen molar-refractivity contribution in [2.75, 3.05) is 0 Å². The summed E-state index contributed by atoms with van der Waals surface area (Å²) in [4.78, 5) is -2.05. The Bertz CT molecular complexity index is 1510. The Morgan fingerprint density at radius 3 is 1.43 bits per heavy atom. The molecule has 0 spiro atoms. The van der Waals surface area contributed by atoms with Crippen LogP contribution < -0.4 is 4.74 Å². The summed E-state index contributed by atoms with van der Waals surface area (Å²) in [6, 6.07) is 4.29. The van der Waals surface area contributed by atoms with Crippen LogP contribution in [0.25, 0.3) is 0 Å². The van der Waals surface area contributed by atoms with Gasteiger partial charge in [0.15, 0.2) is 16.5 Å². The quantitative estimate of drug-likeness (QED) is 0.190. The zero-order valence-electron chi connectivity index (χ0n) is 22.5. The fraction of sp³-hybridized carbons (Fsp3) is 0.600. The average Bonchev–Trinajstić information content (AvgIpc) is 3.81. The van der Waals surface area contributed by atoms with Gasteiger partial charge in [-0.3, -0.25) is 4.55 Å². The molecule has 0 amide bonds. The third-order valence-corrected chi connectivity index (χ3v) is 16.4. The lowest BCUT2D eigenvalue weighted by atomic mass is 9.75. The second-order valence-electron chi connectivity index (χ2n) is 12.7. The summed E-state index contributed by atoms with van der Waals surface area (Å²) in [7, 11) is -5.57. The van der Waals surface area contributed by atoms with E-state index in [1.807, 2.05) is 23.5 Å². The molecule has 12 heteroatoms. The first-order valence-electron chi connectivity index (χ1n) is 14.7. The molecule has 2 aromatic carbocycles. The van der Waals surface area contributed by atoms with Crippen LogP contribution in [-0.2, 0) is 10.1 Å². The average molecular weight is 659 g/mol. The van der Waals surface area contributed by atoms with Crippen LogP contribution in [0.1, 0.15) is 92.2 Å². The maximum Gasteiger partial charge on any atom is 0.300 e. The molecular weight excluding hydrogens is 629 g/mol. The summed E-state index contributed by atoms with van der Waals surface area (Å²) >= 11 is 5.94. The molecule has 1 N–H and O–H groups in total. The van der Waals surface area contributed by atoms with Crippen LogP contribution in [0.5, 0.6) is 11.5 Å². The molecule has 6 fully saturated rings. The molecule has 4 nitrogen and oxygen atoms in total. The Hall–Kier alpha value is -1.08. The van der Waals surface area contributed by atoms with Gasteiger partial charge in [0, 0.05) is 43.3 Å². The normalized spacial score (nSPS) is 36.5. The van der Waals surface area contributed by atoms with E-state index in [1.165, 1.54) is 18.4 Å². The lowest BCUT2D eigenvalue weighted by Gasteiger charge is -2.31. The maximum atomic E-state index is 15.4. The molecule has 6 bridgehead atoms. The third-order valence-electron chi connectivity index (χ3n) is 10.4. The van der Waals surface area contributed by atoms with E-state index in [4.69, 9.17) is 4.74 Å². The minimum Gasteiger partial charge on any atom is -0.450 e. The molecule has 8 rings (SSSR count). The molecule has 6 aliphatic heterocycles. The summed E-state index contributed by atoms with van der Waals surface area (Å²) in [5.41, 5.74) is 2.93. The van der Waals surface area contributed by atoms with Gasteiger partial charge in [0.1, 0.15) is 5.75 Å². The molecule has 6 aliphatic rings. The molecule has 0 aromatic heterocycles. The molecule has 9 atom stereocenters. The SMILES string of the molecule is O=S(=O)(O)c1c(F)c(F)c(Oc2c(C3CC4CCC3S4)cc(C3CC4CCC3S4)cc2C2CC3CCC2S3)c(F)c1F. The van der Waals surface area contributed by atoms with Crippen LogP contribution in [0.3, 0.4) is 0 Å². The molecule has 0 radical (unpaired) electrons. The smallest absolute Gasteiger partial charge is 0.300 e. The van der Waals surface area contributed by atoms with Crippen molar-refractivity contribution in [1.29, 1.82) is 0 Å². The van der Waals surface area contributed by atoms with Crippen LogP contribution in [-0.4, -0.2) is 44.5 Å². The Kier molecular flexibility index (Phi) is 6.91. The summed E-state index contributed by atoms with van der Waals surface area (Å²) in [5, 5.41) is 2.83. The topological polar surface area (TPSA) is 63.6 Å². The molecule has 0 aliphatic carbocycles. The van der Waals surface area contributed by atoms with E-state index in [-0.39, 0.29) is 17.6 Å². The molecule has 9 unspecified atom stereocenters. The van der Waals surface area contributed by atoms with Gasteiger partial charge in [0.25, 0.3) is 0 Å². The first-order valence-corrected chi connectivity index (χ1v) is 19.0. The monoisotopic (exact) mass is 658 g/mol. The van der Waals surface area contributed by atoms with Crippen molar-refractivity contribution < 1.29 is 35.3 Å². The van der Waals surface area contributed by atoms with Crippen molar-refractivity contribution in [2.45, 2.75) is 112 Å². The zero-order chi connectivity index (χ0) is 29.1. The van der Waals surface area contributed by atoms with Gasteiger partial charge in [-0.1, -0.05) is 12.1 Å². The minimum atomic E-state index is -5.57. The number of halogens is 4. The predicted octanol–water partition coefficient (Wildman–Crippen LogP) is 8.54. The lowest BCUT2D eigenvalue weighted by molar-refractivity contribution is 0.338. The fourth-order valence-corrected chi connectivity index (χ4v) is 14.6.